The van der Waals surface area contributed by atoms with Crippen LogP contribution in [-0.4, -0.2) is 37.0 Å². The first-order chi connectivity index (χ1) is 11.4. The second-order valence-corrected chi connectivity index (χ2v) is 7.26. The molecule has 1 aromatic carbocycles. The van der Waals surface area contributed by atoms with E-state index in [1.54, 1.807) is 4.90 Å². The Bertz CT molecular complexity index is 629. The summed E-state index contributed by atoms with van der Waals surface area (Å²) >= 11 is 0. The lowest BCUT2D eigenvalue weighted by Crippen LogP contribution is -2.49. The van der Waals surface area contributed by atoms with Crippen molar-refractivity contribution >= 4 is 29.9 Å². The molecule has 2 saturated heterocycles. The topological polar surface area (TPSA) is 61.4 Å². The fourth-order valence-electron chi connectivity index (χ4n) is 3.85. The van der Waals surface area contributed by atoms with Gasteiger partial charge in [-0.1, -0.05) is 6.07 Å². The van der Waals surface area contributed by atoms with E-state index in [4.69, 9.17) is 0 Å². The maximum Gasteiger partial charge on any atom is 0.239 e. The highest BCUT2D eigenvalue weighted by molar-refractivity contribution is 6.09. The van der Waals surface area contributed by atoms with E-state index >= 15 is 0 Å². The van der Waals surface area contributed by atoms with Crippen LogP contribution in [0.4, 0.5) is 5.69 Å². The number of nitrogens with zero attached hydrogens (tertiary/aromatic N) is 1. The van der Waals surface area contributed by atoms with Crippen molar-refractivity contribution in [3.8, 4) is 0 Å². The Morgan fingerprint density at radius 1 is 1.20 bits per heavy atom. The lowest BCUT2D eigenvalue weighted by molar-refractivity contribution is -0.132. The zero-order valence-electron chi connectivity index (χ0n) is 15.2. The number of hydrogen-bond donors (Lipinski definition) is 2. The predicted molar refractivity (Wildman–Crippen MR) is 102 cm³/mol. The average molecular weight is 366 g/mol. The Hall–Kier alpha value is -1.59. The van der Waals surface area contributed by atoms with E-state index in [1.807, 2.05) is 26.0 Å². The Balaban J connectivity index is 0.00000225. The van der Waals surface area contributed by atoms with Crippen molar-refractivity contribution in [1.82, 2.24) is 10.6 Å². The quantitative estimate of drug-likeness (QED) is 0.808. The zero-order valence-corrected chi connectivity index (χ0v) is 16.0. The van der Waals surface area contributed by atoms with E-state index in [1.165, 1.54) is 0 Å². The molecule has 0 radical (unpaired) electrons. The molecule has 3 unspecified atom stereocenters. The molecule has 2 heterocycles. The monoisotopic (exact) mass is 365 g/mol. The number of carbonyl (C=O) groups excluding carboxylic acids is 2. The standard InChI is InChI=1S/C19H27N3O2.ClH/c1-12-8-13(2)10-16(9-12)22-7-5-17(19(22)24)18(23)21-15-4-6-20-14(3)11-15;/h8-10,14-15,17,20H,4-7,11H2,1-3H3,(H,21,23);1H. The Morgan fingerprint density at radius 2 is 1.88 bits per heavy atom. The SMILES string of the molecule is Cc1cc(C)cc(N2CCC(C(=O)NC3CCNC(C)C3)C2=O)c1.Cl. The molecule has 1 aromatic rings. The number of benzene rings is 1. The molecule has 2 amide bonds. The van der Waals surface area contributed by atoms with Gasteiger partial charge in [0.2, 0.25) is 11.8 Å². The van der Waals surface area contributed by atoms with E-state index in [-0.39, 0.29) is 30.3 Å². The van der Waals surface area contributed by atoms with Crippen molar-refractivity contribution in [2.45, 2.75) is 52.1 Å². The summed E-state index contributed by atoms with van der Waals surface area (Å²) in [6, 6.07) is 6.71. The number of hydrogen-bond acceptors (Lipinski definition) is 3. The van der Waals surface area contributed by atoms with Crippen LogP contribution in [0, 0.1) is 19.8 Å². The van der Waals surface area contributed by atoms with Crippen molar-refractivity contribution in [1.29, 1.82) is 0 Å². The summed E-state index contributed by atoms with van der Waals surface area (Å²) in [4.78, 5) is 27.1. The highest BCUT2D eigenvalue weighted by atomic mass is 35.5. The molecule has 0 bridgehead atoms. The Kier molecular flexibility index (Phi) is 6.47. The van der Waals surface area contributed by atoms with Crippen molar-refractivity contribution < 1.29 is 9.59 Å². The molecule has 3 rings (SSSR count). The van der Waals surface area contributed by atoms with Gasteiger partial charge >= 0.3 is 0 Å². The number of aryl methyl sites for hydroxylation is 2. The number of rotatable bonds is 3. The normalized spacial score (nSPS) is 26.3. The maximum atomic E-state index is 12.7. The summed E-state index contributed by atoms with van der Waals surface area (Å²) in [6.45, 7) is 7.71. The number of halogens is 1. The summed E-state index contributed by atoms with van der Waals surface area (Å²) < 4.78 is 0. The second kappa shape index (κ2) is 8.19. The molecule has 0 saturated carbocycles. The molecular weight excluding hydrogens is 338 g/mol. The molecule has 2 aliphatic rings. The number of amides is 2. The van der Waals surface area contributed by atoms with Gasteiger partial charge in [0.15, 0.2) is 0 Å². The van der Waals surface area contributed by atoms with Gasteiger partial charge in [-0.05, 0) is 69.8 Å². The maximum absolute atomic E-state index is 12.7. The molecule has 138 valence electrons. The molecule has 6 heteroatoms. The number of nitrogens with one attached hydrogen (secondary N) is 2. The Morgan fingerprint density at radius 3 is 2.52 bits per heavy atom. The Labute approximate surface area is 155 Å². The van der Waals surface area contributed by atoms with Crippen molar-refractivity contribution in [2.24, 2.45) is 5.92 Å². The van der Waals surface area contributed by atoms with E-state index in [0.29, 0.717) is 19.0 Å². The first kappa shape index (κ1) is 19.7. The van der Waals surface area contributed by atoms with E-state index in [9.17, 15) is 9.59 Å². The highest BCUT2D eigenvalue weighted by Gasteiger charge is 2.38. The molecule has 5 nitrogen and oxygen atoms in total. The summed E-state index contributed by atoms with van der Waals surface area (Å²) in [5.74, 6) is -0.721. The van der Waals surface area contributed by atoms with Gasteiger partial charge < -0.3 is 15.5 Å². The van der Waals surface area contributed by atoms with Crippen LogP contribution in [0.5, 0.6) is 0 Å². The first-order valence-electron chi connectivity index (χ1n) is 8.87. The lowest BCUT2D eigenvalue weighted by Gasteiger charge is -2.29. The van der Waals surface area contributed by atoms with Crippen LogP contribution in [0.25, 0.3) is 0 Å². The molecule has 25 heavy (non-hydrogen) atoms. The van der Waals surface area contributed by atoms with Crippen LogP contribution in [0.1, 0.15) is 37.3 Å². The molecule has 0 aliphatic carbocycles. The summed E-state index contributed by atoms with van der Waals surface area (Å²) in [5.41, 5.74) is 3.17. The van der Waals surface area contributed by atoms with Crippen LogP contribution < -0.4 is 15.5 Å². The number of piperidine rings is 1. The minimum absolute atomic E-state index is 0. The molecule has 0 aromatic heterocycles. The van der Waals surface area contributed by atoms with Gasteiger partial charge in [0.1, 0.15) is 5.92 Å². The van der Waals surface area contributed by atoms with Crippen LogP contribution in [0.2, 0.25) is 0 Å². The van der Waals surface area contributed by atoms with Gasteiger partial charge in [0, 0.05) is 24.3 Å². The van der Waals surface area contributed by atoms with Crippen molar-refractivity contribution in [3.63, 3.8) is 0 Å². The third-order valence-corrected chi connectivity index (χ3v) is 5.01. The van der Waals surface area contributed by atoms with Crippen LogP contribution in [0.15, 0.2) is 18.2 Å². The van der Waals surface area contributed by atoms with Crippen molar-refractivity contribution in [3.05, 3.63) is 29.3 Å². The third-order valence-electron chi connectivity index (χ3n) is 5.01. The lowest BCUT2D eigenvalue weighted by atomic mass is 9.99. The molecule has 2 aliphatic heterocycles. The molecule has 2 fully saturated rings. The van der Waals surface area contributed by atoms with Gasteiger partial charge in [-0.15, -0.1) is 12.4 Å². The minimum atomic E-state index is -0.545. The van der Waals surface area contributed by atoms with E-state index in [0.717, 1.165) is 36.2 Å². The molecular formula is C19H28ClN3O2. The van der Waals surface area contributed by atoms with Crippen LogP contribution in [-0.2, 0) is 9.59 Å². The summed E-state index contributed by atoms with van der Waals surface area (Å²) in [7, 11) is 0. The third kappa shape index (κ3) is 4.53. The highest BCUT2D eigenvalue weighted by Crippen LogP contribution is 2.27. The van der Waals surface area contributed by atoms with Gasteiger partial charge in [0.25, 0.3) is 0 Å². The minimum Gasteiger partial charge on any atom is -0.353 e. The second-order valence-electron chi connectivity index (χ2n) is 7.26. The van der Waals surface area contributed by atoms with E-state index in [2.05, 4.69) is 23.6 Å². The van der Waals surface area contributed by atoms with Gasteiger partial charge in [-0.3, -0.25) is 9.59 Å². The smallest absolute Gasteiger partial charge is 0.239 e. The molecule has 3 atom stereocenters. The average Bonchev–Trinajstić information content (AvgIpc) is 2.88. The molecule has 2 N–H and O–H groups in total. The van der Waals surface area contributed by atoms with Gasteiger partial charge in [0.05, 0.1) is 0 Å². The number of anilines is 1. The van der Waals surface area contributed by atoms with Gasteiger partial charge in [-0.25, -0.2) is 0 Å². The van der Waals surface area contributed by atoms with Crippen LogP contribution in [0.3, 0.4) is 0 Å². The van der Waals surface area contributed by atoms with Crippen LogP contribution >= 0.6 is 12.4 Å². The summed E-state index contributed by atoms with van der Waals surface area (Å²) in [6.07, 6.45) is 2.45. The predicted octanol–water partition coefficient (Wildman–Crippen LogP) is 2.33. The number of carbonyl (C=O) groups is 2. The summed E-state index contributed by atoms with van der Waals surface area (Å²) in [5, 5.41) is 6.47. The van der Waals surface area contributed by atoms with Crippen molar-refractivity contribution in [2.75, 3.05) is 18.0 Å². The van der Waals surface area contributed by atoms with Gasteiger partial charge in [-0.2, -0.15) is 0 Å². The fourth-order valence-corrected chi connectivity index (χ4v) is 3.85. The largest absolute Gasteiger partial charge is 0.353 e. The molecule has 0 spiro atoms. The first-order valence-corrected chi connectivity index (χ1v) is 8.87. The zero-order chi connectivity index (χ0) is 17.3. The van der Waals surface area contributed by atoms with E-state index < -0.39 is 5.92 Å². The fraction of sp³-hybridized carbons (Fsp3) is 0.579.